The van der Waals surface area contributed by atoms with E-state index in [0.717, 1.165) is 48.5 Å². The summed E-state index contributed by atoms with van der Waals surface area (Å²) in [7, 11) is 0. The van der Waals surface area contributed by atoms with Gasteiger partial charge in [-0.1, -0.05) is 48.5 Å². The summed E-state index contributed by atoms with van der Waals surface area (Å²) >= 11 is 0. The Balaban J connectivity index is 1.39. The molecule has 0 aliphatic carbocycles. The first-order valence-electron chi connectivity index (χ1n) is 17.2. The van der Waals surface area contributed by atoms with Crippen molar-refractivity contribution in [2.24, 2.45) is 0 Å². The lowest BCUT2D eigenvalue weighted by atomic mass is 9.93. The van der Waals surface area contributed by atoms with E-state index in [1.165, 1.54) is 48.5 Å². The molecule has 0 bridgehead atoms. The van der Waals surface area contributed by atoms with Crippen LogP contribution in [0.25, 0.3) is 44.5 Å². The Morgan fingerprint density at radius 2 is 0.491 bits per heavy atom. The van der Waals surface area contributed by atoms with Crippen molar-refractivity contribution in [1.82, 2.24) is 0 Å². The molecule has 6 aromatic carbocycles. The molecule has 13 heteroatoms. The monoisotopic (exact) mass is 802 g/mol. The number of hydrogen-bond donors (Lipinski definition) is 0. The van der Waals surface area contributed by atoms with Crippen LogP contribution in [0.4, 0.5) is 52.7 Å². The van der Waals surface area contributed by atoms with Crippen molar-refractivity contribution in [3.63, 3.8) is 0 Å². The Bertz CT molecular complexity index is 2000. The Morgan fingerprint density at radius 3 is 0.667 bits per heavy atom. The Labute approximate surface area is 319 Å². The fraction of sp³-hybridized carbons (Fsp3) is 0.182. The van der Waals surface area contributed by atoms with E-state index in [1.807, 2.05) is 0 Å². The second-order valence-corrected chi connectivity index (χ2v) is 13.4. The third-order valence-electron chi connectivity index (χ3n) is 9.44. The summed E-state index contributed by atoms with van der Waals surface area (Å²) in [6.45, 7) is 3.38. The van der Waals surface area contributed by atoms with Crippen LogP contribution in [0, 0.1) is 0 Å². The SMILES string of the molecule is C[C@@H](O[C@H](C)c1cc(-c2ccc(C(F)(F)F)cc2)cc(-c2ccc(C(F)(F)F)cc2)c1)c1cc(-c2ccc(C(F)(F)F)cc2)cc(-c2ccc(C(F)(F)F)cc2)c1. The maximum atomic E-state index is 13.3. The highest BCUT2D eigenvalue weighted by Gasteiger charge is 2.33. The molecule has 0 aliphatic rings. The highest BCUT2D eigenvalue weighted by atomic mass is 19.4. The second-order valence-electron chi connectivity index (χ2n) is 13.4. The van der Waals surface area contributed by atoms with Crippen LogP contribution in [0.5, 0.6) is 0 Å². The molecule has 2 atom stereocenters. The number of alkyl halides is 12. The molecule has 6 rings (SSSR count). The standard InChI is InChI=1S/C44H30F12O/c1-25(31-19-33(27-3-11-37(12-4-27)41(45,46)47)23-34(20-31)28-5-13-38(14-6-28)42(48,49)50)57-26(2)32-21-35(29-7-15-39(16-8-29)43(51,52)53)24-36(22-32)30-9-17-40(18-10-30)44(54,55)56/h3-26H,1-2H3/t25-,26-/m1/s1. The summed E-state index contributed by atoms with van der Waals surface area (Å²) in [5.74, 6) is 0. The quantitative estimate of drug-likeness (QED) is 0.139. The van der Waals surface area contributed by atoms with Crippen molar-refractivity contribution in [3.8, 4) is 44.5 Å². The summed E-state index contributed by atoms with van der Waals surface area (Å²) in [4.78, 5) is 0. The maximum absolute atomic E-state index is 13.3. The molecule has 0 unspecified atom stereocenters. The molecule has 0 N–H and O–H groups in total. The first-order chi connectivity index (χ1) is 26.6. The molecule has 0 saturated heterocycles. The van der Waals surface area contributed by atoms with Crippen LogP contribution in [0.2, 0.25) is 0 Å². The summed E-state index contributed by atoms with van der Waals surface area (Å²) in [6.07, 6.45) is -19.8. The van der Waals surface area contributed by atoms with Gasteiger partial charge in [0.15, 0.2) is 0 Å². The minimum atomic E-state index is -4.58. The lowest BCUT2D eigenvalue weighted by Crippen LogP contribution is -2.07. The topological polar surface area (TPSA) is 9.23 Å². The van der Waals surface area contributed by atoms with E-state index in [1.54, 1.807) is 50.2 Å². The molecule has 1 nitrogen and oxygen atoms in total. The number of hydrogen-bond acceptors (Lipinski definition) is 1. The third-order valence-corrected chi connectivity index (χ3v) is 9.44. The largest absolute Gasteiger partial charge is 0.416 e. The average Bonchev–Trinajstić information content (AvgIpc) is 3.16. The lowest BCUT2D eigenvalue weighted by molar-refractivity contribution is -0.138. The van der Waals surface area contributed by atoms with Gasteiger partial charge >= 0.3 is 24.7 Å². The first kappa shape index (κ1) is 41.1. The van der Waals surface area contributed by atoms with Crippen LogP contribution in [-0.4, -0.2) is 0 Å². The van der Waals surface area contributed by atoms with E-state index in [0.29, 0.717) is 55.6 Å². The maximum Gasteiger partial charge on any atom is 0.416 e. The molecule has 0 fully saturated rings. The lowest BCUT2D eigenvalue weighted by Gasteiger charge is -2.23. The third kappa shape index (κ3) is 9.70. The zero-order chi connectivity index (χ0) is 41.5. The molecule has 0 aliphatic heterocycles. The van der Waals surface area contributed by atoms with Crippen LogP contribution < -0.4 is 0 Å². The van der Waals surface area contributed by atoms with Gasteiger partial charge in [-0.05, 0) is 154 Å². The van der Waals surface area contributed by atoms with Crippen molar-refractivity contribution in [2.75, 3.05) is 0 Å². The van der Waals surface area contributed by atoms with Gasteiger partial charge in [0, 0.05) is 0 Å². The average molecular weight is 803 g/mol. The van der Waals surface area contributed by atoms with Crippen LogP contribution in [0.15, 0.2) is 133 Å². The van der Waals surface area contributed by atoms with Gasteiger partial charge in [-0.25, -0.2) is 0 Å². The molecule has 296 valence electrons. The first-order valence-corrected chi connectivity index (χ1v) is 17.2. The van der Waals surface area contributed by atoms with Crippen molar-refractivity contribution in [1.29, 1.82) is 0 Å². The van der Waals surface area contributed by atoms with Crippen LogP contribution >= 0.6 is 0 Å². The van der Waals surface area contributed by atoms with Crippen molar-refractivity contribution in [3.05, 3.63) is 167 Å². The fourth-order valence-corrected chi connectivity index (χ4v) is 6.31. The smallest absolute Gasteiger partial charge is 0.366 e. The molecule has 0 saturated carbocycles. The van der Waals surface area contributed by atoms with E-state index in [2.05, 4.69) is 0 Å². The van der Waals surface area contributed by atoms with E-state index in [9.17, 15) is 52.7 Å². The summed E-state index contributed by atoms with van der Waals surface area (Å²) in [6, 6.07) is 27.6. The molecule has 0 radical (unpaired) electrons. The summed E-state index contributed by atoms with van der Waals surface area (Å²) in [5.41, 5.74) is 0.916. The van der Waals surface area contributed by atoms with Gasteiger partial charge in [0.25, 0.3) is 0 Å². The molecule has 6 aromatic rings. The summed E-state index contributed by atoms with van der Waals surface area (Å²) < 4.78 is 166. The van der Waals surface area contributed by atoms with Crippen molar-refractivity contribution >= 4 is 0 Å². The van der Waals surface area contributed by atoms with Gasteiger partial charge in [0.2, 0.25) is 0 Å². The van der Waals surface area contributed by atoms with Gasteiger partial charge in [0.1, 0.15) is 0 Å². The van der Waals surface area contributed by atoms with Crippen LogP contribution in [0.3, 0.4) is 0 Å². The minimum absolute atomic E-state index is 0.392. The predicted octanol–water partition coefficient (Wildman–Crippen LogP) is 15.3. The molecule has 57 heavy (non-hydrogen) atoms. The molecule has 0 aromatic heterocycles. The van der Waals surface area contributed by atoms with Crippen molar-refractivity contribution in [2.45, 2.75) is 50.8 Å². The van der Waals surface area contributed by atoms with Gasteiger partial charge in [0.05, 0.1) is 34.5 Å². The number of ether oxygens (including phenoxy) is 1. The normalized spacial score (nSPS) is 13.7. The Kier molecular flexibility index (Phi) is 11.1. The highest BCUT2D eigenvalue weighted by Crippen LogP contribution is 2.40. The Morgan fingerprint density at radius 1 is 0.298 bits per heavy atom. The van der Waals surface area contributed by atoms with Crippen LogP contribution in [-0.2, 0) is 29.4 Å². The van der Waals surface area contributed by atoms with Gasteiger partial charge < -0.3 is 4.74 Å². The van der Waals surface area contributed by atoms with Gasteiger partial charge in [-0.15, -0.1) is 0 Å². The zero-order valence-corrected chi connectivity index (χ0v) is 29.8. The van der Waals surface area contributed by atoms with Crippen LogP contribution in [0.1, 0.15) is 59.4 Å². The zero-order valence-electron chi connectivity index (χ0n) is 29.8. The second kappa shape index (κ2) is 15.4. The molecule has 0 amide bonds. The minimum Gasteiger partial charge on any atom is -0.366 e. The number of benzene rings is 6. The molecular weight excluding hydrogens is 772 g/mol. The van der Waals surface area contributed by atoms with Gasteiger partial charge in [-0.3, -0.25) is 0 Å². The number of rotatable bonds is 8. The fourth-order valence-electron chi connectivity index (χ4n) is 6.31. The van der Waals surface area contributed by atoms with Gasteiger partial charge in [-0.2, -0.15) is 52.7 Å². The van der Waals surface area contributed by atoms with E-state index in [-0.39, 0.29) is 0 Å². The Hall–Kier alpha value is -5.56. The highest BCUT2D eigenvalue weighted by molar-refractivity contribution is 5.76. The van der Waals surface area contributed by atoms with E-state index in [4.69, 9.17) is 4.74 Å². The summed E-state index contributed by atoms with van der Waals surface area (Å²) in [5, 5.41) is 0. The molecular formula is C44H30F12O. The van der Waals surface area contributed by atoms with E-state index < -0.39 is 59.2 Å². The molecule has 0 spiro atoms. The van der Waals surface area contributed by atoms with Crippen molar-refractivity contribution < 1.29 is 57.4 Å². The number of halogens is 12. The van der Waals surface area contributed by atoms with E-state index >= 15 is 0 Å². The molecule has 0 heterocycles. The predicted molar refractivity (Wildman–Crippen MR) is 193 cm³/mol.